The quantitative estimate of drug-likeness (QED) is 0.260. The van der Waals surface area contributed by atoms with E-state index in [0.717, 1.165) is 22.9 Å². The summed E-state index contributed by atoms with van der Waals surface area (Å²) in [5, 5.41) is 10.3. The third-order valence-electron chi connectivity index (χ3n) is 5.44. The Balaban J connectivity index is 1.35. The number of ether oxygens (including phenoxy) is 1. The molecule has 5 aromatic rings. The number of hydrogen-bond acceptors (Lipinski definition) is 5. The van der Waals surface area contributed by atoms with Gasteiger partial charge in [0.25, 0.3) is 5.91 Å². The van der Waals surface area contributed by atoms with Gasteiger partial charge in [-0.25, -0.2) is 14.1 Å². The maximum atomic E-state index is 14.8. The zero-order valence-electron chi connectivity index (χ0n) is 18.8. The first kappa shape index (κ1) is 24.3. The number of H-pyrrole nitrogens is 1. The number of nitrogens with zero attached hydrogens (tertiary/aromatic N) is 4. The summed E-state index contributed by atoms with van der Waals surface area (Å²) in [5.74, 6) is -1.15. The molecule has 37 heavy (non-hydrogen) atoms. The second-order valence-electron chi connectivity index (χ2n) is 7.85. The number of anilines is 1. The lowest BCUT2D eigenvalue weighted by molar-refractivity contribution is -0.137. The van der Waals surface area contributed by atoms with Crippen LogP contribution >= 0.6 is 11.6 Å². The molecule has 0 unspecified atom stereocenters. The molecule has 13 heteroatoms. The van der Waals surface area contributed by atoms with Gasteiger partial charge in [0.05, 0.1) is 27.4 Å². The SMILES string of the molecule is Cc1c(C(=O)Nc2ccc(Oc3ccnc4[nH]ccc34)c(F)c2)nnn1-c1ccc(Cl)c(C(F)(F)F)c1. The molecular weight excluding hydrogens is 516 g/mol. The van der Waals surface area contributed by atoms with E-state index in [1.54, 1.807) is 18.3 Å². The number of alkyl halides is 3. The van der Waals surface area contributed by atoms with E-state index in [2.05, 4.69) is 25.6 Å². The normalized spacial score (nSPS) is 11.6. The van der Waals surface area contributed by atoms with Crippen molar-refractivity contribution in [1.82, 2.24) is 25.0 Å². The molecule has 0 saturated carbocycles. The maximum absolute atomic E-state index is 14.8. The number of fused-ring (bicyclic) bond motifs is 1. The zero-order valence-corrected chi connectivity index (χ0v) is 19.5. The van der Waals surface area contributed by atoms with Crippen molar-refractivity contribution in [2.75, 3.05) is 5.32 Å². The molecule has 2 aromatic carbocycles. The molecule has 0 bridgehead atoms. The molecule has 0 spiro atoms. The number of rotatable bonds is 5. The molecule has 0 aliphatic rings. The topological polar surface area (TPSA) is 97.7 Å². The Morgan fingerprint density at radius 3 is 2.68 bits per heavy atom. The van der Waals surface area contributed by atoms with Crippen LogP contribution in [0, 0.1) is 12.7 Å². The van der Waals surface area contributed by atoms with E-state index < -0.39 is 28.5 Å². The number of nitrogens with one attached hydrogen (secondary N) is 2. The van der Waals surface area contributed by atoms with Gasteiger partial charge in [0.15, 0.2) is 17.3 Å². The fourth-order valence-electron chi connectivity index (χ4n) is 3.64. The summed E-state index contributed by atoms with van der Waals surface area (Å²) in [5.41, 5.74) is -0.331. The van der Waals surface area contributed by atoms with Gasteiger partial charge in [-0.1, -0.05) is 16.8 Å². The molecule has 0 atom stereocenters. The first-order chi connectivity index (χ1) is 17.6. The predicted molar refractivity (Wildman–Crippen MR) is 127 cm³/mol. The van der Waals surface area contributed by atoms with Gasteiger partial charge in [-0.2, -0.15) is 13.2 Å². The van der Waals surface area contributed by atoms with Crippen molar-refractivity contribution in [1.29, 1.82) is 0 Å². The highest BCUT2D eigenvalue weighted by Crippen LogP contribution is 2.36. The van der Waals surface area contributed by atoms with Gasteiger partial charge in [-0.05, 0) is 49.4 Å². The number of carbonyl (C=O) groups excluding carboxylic acids is 1. The Labute approximate surface area is 210 Å². The number of benzene rings is 2. The summed E-state index contributed by atoms with van der Waals surface area (Å²) >= 11 is 5.67. The molecule has 3 aromatic heterocycles. The summed E-state index contributed by atoms with van der Waals surface area (Å²) in [6, 6.07) is 10.4. The Bertz CT molecular complexity index is 1650. The Kier molecular flexibility index (Phi) is 6.04. The van der Waals surface area contributed by atoms with E-state index in [-0.39, 0.29) is 28.5 Å². The van der Waals surface area contributed by atoms with Crippen molar-refractivity contribution in [3.63, 3.8) is 0 Å². The van der Waals surface area contributed by atoms with Crippen LogP contribution in [0.2, 0.25) is 5.02 Å². The largest absolute Gasteiger partial charge is 0.453 e. The number of carbonyl (C=O) groups is 1. The predicted octanol–water partition coefficient (Wildman–Crippen LogP) is 6.31. The van der Waals surface area contributed by atoms with Crippen molar-refractivity contribution in [3.05, 3.63) is 88.7 Å². The summed E-state index contributed by atoms with van der Waals surface area (Å²) in [7, 11) is 0. The van der Waals surface area contributed by atoms with Crippen LogP contribution in [-0.4, -0.2) is 30.9 Å². The van der Waals surface area contributed by atoms with Crippen molar-refractivity contribution in [3.8, 4) is 17.2 Å². The Hall–Kier alpha value is -4.45. The van der Waals surface area contributed by atoms with Crippen LogP contribution in [0.1, 0.15) is 21.7 Å². The fraction of sp³-hybridized carbons (Fsp3) is 0.0833. The zero-order chi connectivity index (χ0) is 26.3. The van der Waals surface area contributed by atoms with E-state index in [1.165, 1.54) is 31.3 Å². The van der Waals surface area contributed by atoms with Crippen LogP contribution in [0.15, 0.2) is 60.9 Å². The lowest BCUT2D eigenvalue weighted by Gasteiger charge is -2.11. The van der Waals surface area contributed by atoms with Crippen LogP contribution in [0.3, 0.4) is 0 Å². The average molecular weight is 531 g/mol. The first-order valence-electron chi connectivity index (χ1n) is 10.6. The number of amides is 1. The first-order valence-corrected chi connectivity index (χ1v) is 11.0. The number of aromatic amines is 1. The van der Waals surface area contributed by atoms with Crippen LogP contribution in [0.25, 0.3) is 16.7 Å². The van der Waals surface area contributed by atoms with Gasteiger partial charge in [0.1, 0.15) is 11.4 Å². The number of pyridine rings is 1. The van der Waals surface area contributed by atoms with Crippen LogP contribution in [0.4, 0.5) is 23.2 Å². The molecule has 0 radical (unpaired) electrons. The molecular formula is C24H15ClF4N6O2. The molecule has 0 saturated heterocycles. The van der Waals surface area contributed by atoms with Gasteiger partial charge >= 0.3 is 6.18 Å². The smallest absolute Gasteiger partial charge is 0.417 e. The third kappa shape index (κ3) is 4.70. The number of aromatic nitrogens is 5. The van der Waals surface area contributed by atoms with Gasteiger partial charge in [-0.3, -0.25) is 4.79 Å². The van der Waals surface area contributed by atoms with Crippen LogP contribution in [-0.2, 0) is 6.18 Å². The van der Waals surface area contributed by atoms with E-state index in [0.29, 0.717) is 16.8 Å². The fourth-order valence-corrected chi connectivity index (χ4v) is 3.87. The second kappa shape index (κ2) is 9.21. The molecule has 5 rings (SSSR count). The lowest BCUT2D eigenvalue weighted by Crippen LogP contribution is -2.14. The monoisotopic (exact) mass is 530 g/mol. The van der Waals surface area contributed by atoms with E-state index in [9.17, 15) is 22.4 Å². The second-order valence-corrected chi connectivity index (χ2v) is 8.25. The highest BCUT2D eigenvalue weighted by molar-refractivity contribution is 6.31. The molecule has 3 heterocycles. The van der Waals surface area contributed by atoms with Crippen molar-refractivity contribution < 1.29 is 27.1 Å². The van der Waals surface area contributed by atoms with Crippen molar-refractivity contribution in [2.45, 2.75) is 13.1 Å². The maximum Gasteiger partial charge on any atom is 0.417 e. The molecule has 1 amide bonds. The molecule has 2 N–H and O–H groups in total. The molecule has 8 nitrogen and oxygen atoms in total. The number of halogens is 5. The molecule has 0 fully saturated rings. The lowest BCUT2D eigenvalue weighted by atomic mass is 10.2. The molecule has 188 valence electrons. The van der Waals surface area contributed by atoms with Crippen molar-refractivity contribution in [2.24, 2.45) is 0 Å². The highest BCUT2D eigenvalue weighted by Gasteiger charge is 2.34. The minimum atomic E-state index is -4.67. The Morgan fingerprint density at radius 2 is 1.92 bits per heavy atom. The van der Waals surface area contributed by atoms with Gasteiger partial charge in [0.2, 0.25) is 0 Å². The molecule has 0 aliphatic heterocycles. The standard InChI is InChI=1S/C24H15ClF4N6O2/c1-12-21(33-34-35(12)14-3-4-17(25)16(11-14)24(27,28)29)23(36)32-13-2-5-20(18(26)10-13)37-19-7-9-31-22-15(19)6-8-30-22/h2-11H,1H3,(H,30,31)(H,32,36). The average Bonchev–Trinajstić information content (AvgIpc) is 3.48. The van der Waals surface area contributed by atoms with Crippen LogP contribution < -0.4 is 10.1 Å². The molecule has 0 aliphatic carbocycles. The van der Waals surface area contributed by atoms with Gasteiger partial charge in [-0.15, -0.1) is 5.10 Å². The summed E-state index contributed by atoms with van der Waals surface area (Å²) in [6.45, 7) is 1.46. The summed E-state index contributed by atoms with van der Waals surface area (Å²) < 4.78 is 61.2. The van der Waals surface area contributed by atoms with Gasteiger partial charge < -0.3 is 15.0 Å². The van der Waals surface area contributed by atoms with Crippen LogP contribution in [0.5, 0.6) is 11.5 Å². The summed E-state index contributed by atoms with van der Waals surface area (Å²) in [4.78, 5) is 19.8. The minimum absolute atomic E-state index is 0.0148. The Morgan fingerprint density at radius 1 is 1.11 bits per heavy atom. The van der Waals surface area contributed by atoms with Gasteiger partial charge in [0, 0.05) is 24.1 Å². The van der Waals surface area contributed by atoms with E-state index >= 15 is 0 Å². The third-order valence-corrected chi connectivity index (χ3v) is 5.77. The summed E-state index contributed by atoms with van der Waals surface area (Å²) in [6.07, 6.45) is -1.48. The minimum Gasteiger partial charge on any atom is -0.453 e. The van der Waals surface area contributed by atoms with E-state index in [4.69, 9.17) is 16.3 Å². The number of hydrogen-bond donors (Lipinski definition) is 2. The van der Waals surface area contributed by atoms with Crippen molar-refractivity contribution >= 4 is 34.2 Å². The highest BCUT2D eigenvalue weighted by atomic mass is 35.5. The van der Waals surface area contributed by atoms with E-state index in [1.807, 2.05) is 0 Å².